The first-order chi connectivity index (χ1) is 18.2. The molecule has 3 aromatic rings. The first-order valence-electron chi connectivity index (χ1n) is 14.0. The summed E-state index contributed by atoms with van der Waals surface area (Å²) in [4.78, 5) is 18.3. The van der Waals surface area contributed by atoms with Crippen LogP contribution in [0.2, 0.25) is 0 Å². The van der Waals surface area contributed by atoms with E-state index in [-0.39, 0.29) is 5.91 Å². The van der Waals surface area contributed by atoms with Crippen molar-refractivity contribution < 1.29 is 9.53 Å². The Balaban J connectivity index is 1.52. The zero-order valence-corrected chi connectivity index (χ0v) is 22.4. The predicted molar refractivity (Wildman–Crippen MR) is 153 cm³/mol. The molecule has 0 saturated carbocycles. The van der Waals surface area contributed by atoms with E-state index in [4.69, 9.17) is 4.74 Å². The van der Waals surface area contributed by atoms with Crippen LogP contribution >= 0.6 is 0 Å². The molecular formula is C33H42N2O2. The highest BCUT2D eigenvalue weighted by molar-refractivity contribution is 5.95. The third kappa shape index (κ3) is 8.46. The average Bonchev–Trinajstić information content (AvgIpc) is 2.94. The summed E-state index contributed by atoms with van der Waals surface area (Å²) in [7, 11) is 1.67. The van der Waals surface area contributed by atoms with Crippen molar-refractivity contribution in [3.05, 3.63) is 95.6 Å². The number of para-hydroxylation sites is 1. The van der Waals surface area contributed by atoms with Crippen molar-refractivity contribution in [1.82, 2.24) is 4.90 Å². The highest BCUT2D eigenvalue weighted by atomic mass is 16.5. The molecule has 3 aromatic carbocycles. The third-order valence-corrected chi connectivity index (χ3v) is 7.36. The van der Waals surface area contributed by atoms with Gasteiger partial charge in [-0.25, -0.2) is 0 Å². The summed E-state index contributed by atoms with van der Waals surface area (Å²) in [5.74, 6) is 0.952. The Hall–Kier alpha value is -3.11. The quantitative estimate of drug-likeness (QED) is 0.350. The molecule has 0 aromatic heterocycles. The topological polar surface area (TPSA) is 32.8 Å². The van der Waals surface area contributed by atoms with Gasteiger partial charge in [-0.1, -0.05) is 86.3 Å². The molecule has 1 aliphatic heterocycles. The molecule has 0 saturated heterocycles. The minimum absolute atomic E-state index is 0.159. The van der Waals surface area contributed by atoms with Crippen molar-refractivity contribution in [1.29, 1.82) is 0 Å². The van der Waals surface area contributed by atoms with Gasteiger partial charge in [0.05, 0.1) is 13.5 Å². The molecule has 196 valence electrons. The second-order valence-electron chi connectivity index (χ2n) is 10.2. The first kappa shape index (κ1) is 26.9. The van der Waals surface area contributed by atoms with Gasteiger partial charge in [-0.15, -0.1) is 0 Å². The van der Waals surface area contributed by atoms with Gasteiger partial charge < -0.3 is 9.64 Å². The molecule has 0 bridgehead atoms. The maximum absolute atomic E-state index is 13.7. The van der Waals surface area contributed by atoms with Gasteiger partial charge in [-0.2, -0.15) is 0 Å². The summed E-state index contributed by atoms with van der Waals surface area (Å²) < 4.78 is 5.38. The molecule has 1 heterocycles. The van der Waals surface area contributed by atoms with Gasteiger partial charge in [0.2, 0.25) is 5.91 Å². The number of hydrogen-bond donors (Lipinski definition) is 0. The van der Waals surface area contributed by atoms with Crippen molar-refractivity contribution >= 4 is 11.6 Å². The molecule has 1 aliphatic rings. The summed E-state index contributed by atoms with van der Waals surface area (Å²) in [5.41, 5.74) is 4.72. The van der Waals surface area contributed by atoms with Crippen LogP contribution < -0.4 is 9.64 Å². The van der Waals surface area contributed by atoms with E-state index in [0.717, 1.165) is 62.4 Å². The summed E-state index contributed by atoms with van der Waals surface area (Å²) in [6.07, 6.45) is 9.89. The predicted octanol–water partition coefficient (Wildman–Crippen LogP) is 7.06. The largest absolute Gasteiger partial charge is 0.497 e. The standard InChI is InChI=1S/C33H42N2O2/c1-37-31-20-13-17-29(25-31)26-33(36)35-24-12-5-3-2-4-11-22-34(27-30-19-9-10-21-32(30)35)23-14-18-28-15-7-6-8-16-28/h6-10,13,15-17,19-21,25H,2-5,11-12,14,18,22-24,26-27H2,1H3. The number of fused-ring (bicyclic) bond motifs is 1. The van der Waals surface area contributed by atoms with Crippen LogP contribution in [0.1, 0.15) is 61.6 Å². The molecular weight excluding hydrogens is 456 g/mol. The molecule has 1 amide bonds. The highest BCUT2D eigenvalue weighted by Gasteiger charge is 2.20. The Kier molecular flexibility index (Phi) is 10.6. The number of rotatable bonds is 7. The van der Waals surface area contributed by atoms with Crippen LogP contribution in [0.4, 0.5) is 5.69 Å². The van der Waals surface area contributed by atoms with E-state index in [1.807, 2.05) is 24.3 Å². The van der Waals surface area contributed by atoms with Crippen molar-refractivity contribution in [2.24, 2.45) is 0 Å². The van der Waals surface area contributed by atoms with E-state index >= 15 is 0 Å². The van der Waals surface area contributed by atoms with Crippen LogP contribution in [0, 0.1) is 0 Å². The van der Waals surface area contributed by atoms with E-state index in [1.165, 1.54) is 43.2 Å². The number of hydrogen-bond acceptors (Lipinski definition) is 3. The minimum Gasteiger partial charge on any atom is -0.497 e. The minimum atomic E-state index is 0.159. The Morgan fingerprint density at radius 3 is 2.30 bits per heavy atom. The smallest absolute Gasteiger partial charge is 0.231 e. The zero-order chi connectivity index (χ0) is 25.7. The number of aryl methyl sites for hydroxylation is 1. The molecule has 0 spiro atoms. The lowest BCUT2D eigenvalue weighted by atomic mass is 10.1. The lowest BCUT2D eigenvalue weighted by Crippen LogP contribution is -2.35. The van der Waals surface area contributed by atoms with Crippen molar-refractivity contribution in [3.63, 3.8) is 0 Å². The zero-order valence-electron chi connectivity index (χ0n) is 22.4. The average molecular weight is 499 g/mol. The number of ether oxygens (including phenoxy) is 1. The second-order valence-corrected chi connectivity index (χ2v) is 10.2. The highest BCUT2D eigenvalue weighted by Crippen LogP contribution is 2.26. The number of anilines is 1. The van der Waals surface area contributed by atoms with Crippen molar-refractivity contribution in [2.75, 3.05) is 31.6 Å². The fourth-order valence-corrected chi connectivity index (χ4v) is 5.31. The first-order valence-corrected chi connectivity index (χ1v) is 14.0. The Morgan fingerprint density at radius 1 is 0.784 bits per heavy atom. The fraction of sp³-hybridized carbons (Fsp3) is 0.424. The van der Waals surface area contributed by atoms with Gasteiger partial charge >= 0.3 is 0 Å². The Morgan fingerprint density at radius 2 is 1.49 bits per heavy atom. The number of methoxy groups -OCH3 is 1. The molecule has 4 rings (SSSR count). The van der Waals surface area contributed by atoms with Crippen LogP contribution in [0.25, 0.3) is 0 Å². The maximum atomic E-state index is 13.7. The number of carbonyl (C=O) groups is 1. The molecule has 0 fully saturated rings. The third-order valence-electron chi connectivity index (χ3n) is 7.36. The monoisotopic (exact) mass is 498 g/mol. The van der Waals surface area contributed by atoms with Crippen molar-refractivity contribution in [2.45, 2.75) is 64.3 Å². The molecule has 0 radical (unpaired) electrons. The van der Waals surface area contributed by atoms with E-state index < -0.39 is 0 Å². The Labute approximate surface area is 223 Å². The summed E-state index contributed by atoms with van der Waals surface area (Å²) >= 11 is 0. The van der Waals surface area contributed by atoms with Gasteiger partial charge in [-0.3, -0.25) is 9.69 Å². The van der Waals surface area contributed by atoms with E-state index in [0.29, 0.717) is 6.42 Å². The Bertz CT molecular complexity index is 1100. The molecule has 4 heteroatoms. The molecule has 37 heavy (non-hydrogen) atoms. The van der Waals surface area contributed by atoms with Crippen LogP contribution in [-0.2, 0) is 24.2 Å². The molecule has 0 N–H and O–H groups in total. The summed E-state index contributed by atoms with van der Waals surface area (Å²) in [6.45, 7) is 3.84. The van der Waals surface area contributed by atoms with Crippen LogP contribution in [-0.4, -0.2) is 37.6 Å². The molecule has 0 unspecified atom stereocenters. The van der Waals surface area contributed by atoms with Gasteiger partial charge in [0, 0.05) is 18.8 Å². The lowest BCUT2D eigenvalue weighted by Gasteiger charge is -2.28. The van der Waals surface area contributed by atoms with Gasteiger partial charge in [0.15, 0.2) is 0 Å². The number of amides is 1. The van der Waals surface area contributed by atoms with Gasteiger partial charge in [0.25, 0.3) is 0 Å². The number of nitrogens with zero attached hydrogens (tertiary/aromatic N) is 2. The van der Waals surface area contributed by atoms with Gasteiger partial charge in [-0.05, 0) is 73.7 Å². The molecule has 0 atom stereocenters. The maximum Gasteiger partial charge on any atom is 0.231 e. The molecule has 0 aliphatic carbocycles. The summed E-state index contributed by atoms with van der Waals surface area (Å²) in [6, 6.07) is 27.2. The number of carbonyl (C=O) groups excluding carboxylic acids is 1. The lowest BCUT2D eigenvalue weighted by molar-refractivity contribution is -0.118. The number of benzene rings is 3. The molecule has 4 nitrogen and oxygen atoms in total. The normalized spacial score (nSPS) is 15.6. The summed E-state index contributed by atoms with van der Waals surface area (Å²) in [5, 5.41) is 0. The van der Waals surface area contributed by atoms with E-state index in [2.05, 4.69) is 64.4 Å². The second kappa shape index (κ2) is 14.6. The van der Waals surface area contributed by atoms with Crippen molar-refractivity contribution in [3.8, 4) is 5.75 Å². The van der Waals surface area contributed by atoms with Crippen LogP contribution in [0.5, 0.6) is 5.75 Å². The van der Waals surface area contributed by atoms with E-state index in [1.54, 1.807) is 7.11 Å². The fourth-order valence-electron chi connectivity index (χ4n) is 5.31. The van der Waals surface area contributed by atoms with E-state index in [9.17, 15) is 4.79 Å². The van der Waals surface area contributed by atoms with Gasteiger partial charge in [0.1, 0.15) is 5.75 Å². The van der Waals surface area contributed by atoms with Crippen LogP contribution in [0.15, 0.2) is 78.9 Å². The SMILES string of the molecule is COc1cccc(CC(=O)N2CCCCCCCCN(CCCc3ccccc3)Cc3ccccc32)c1. The van der Waals surface area contributed by atoms with Crippen LogP contribution in [0.3, 0.4) is 0 Å².